The summed E-state index contributed by atoms with van der Waals surface area (Å²) in [5.74, 6) is 0. The van der Waals surface area contributed by atoms with Crippen LogP contribution in [0.25, 0.3) is 0 Å². The Balaban J connectivity index is 2.95. The number of rotatable bonds is 5. The number of nitro groups is 2. The van der Waals surface area contributed by atoms with Crippen LogP contribution >= 0.6 is 0 Å². The number of nitrogens with two attached hydrogens (primary N) is 1. The molecule has 1 rings (SSSR count). The standard InChI is InChI=1S/C13H19N3O4/c1-13(2,3)12(14)7-5-9-4-6-10(15(17)18)8-11(9)16(19)20/h4,6,8,12H,5,7,14H2,1-3H3. The number of benzene rings is 1. The average molecular weight is 281 g/mol. The van der Waals surface area contributed by atoms with Gasteiger partial charge in [-0.1, -0.05) is 20.8 Å². The van der Waals surface area contributed by atoms with E-state index in [0.29, 0.717) is 18.4 Å². The van der Waals surface area contributed by atoms with Gasteiger partial charge in [-0.25, -0.2) is 0 Å². The Hall–Kier alpha value is -2.02. The predicted molar refractivity (Wildman–Crippen MR) is 75.5 cm³/mol. The second kappa shape index (κ2) is 5.96. The lowest BCUT2D eigenvalue weighted by Crippen LogP contribution is -2.35. The molecule has 110 valence electrons. The fourth-order valence-electron chi connectivity index (χ4n) is 1.79. The van der Waals surface area contributed by atoms with Crippen LogP contribution in [0.5, 0.6) is 0 Å². The zero-order valence-electron chi connectivity index (χ0n) is 11.8. The first-order valence-electron chi connectivity index (χ1n) is 6.30. The van der Waals surface area contributed by atoms with E-state index < -0.39 is 9.85 Å². The topological polar surface area (TPSA) is 112 Å². The quantitative estimate of drug-likeness (QED) is 0.658. The van der Waals surface area contributed by atoms with E-state index >= 15 is 0 Å². The summed E-state index contributed by atoms with van der Waals surface area (Å²) in [6, 6.07) is 3.62. The number of hydrogen-bond donors (Lipinski definition) is 1. The Bertz CT molecular complexity index is 523. The van der Waals surface area contributed by atoms with Gasteiger partial charge in [0.25, 0.3) is 11.4 Å². The van der Waals surface area contributed by atoms with Crippen molar-refractivity contribution < 1.29 is 9.85 Å². The molecule has 0 aliphatic heterocycles. The summed E-state index contributed by atoms with van der Waals surface area (Å²) < 4.78 is 0. The molecule has 2 N–H and O–H groups in total. The Morgan fingerprint density at radius 2 is 1.80 bits per heavy atom. The van der Waals surface area contributed by atoms with Gasteiger partial charge in [-0.05, 0) is 24.3 Å². The molecule has 0 spiro atoms. The van der Waals surface area contributed by atoms with E-state index in [0.717, 1.165) is 6.07 Å². The van der Waals surface area contributed by atoms with Gasteiger partial charge in [0.2, 0.25) is 0 Å². The maximum Gasteiger partial charge on any atom is 0.279 e. The fourth-order valence-corrected chi connectivity index (χ4v) is 1.79. The minimum atomic E-state index is -0.641. The molecule has 0 aromatic heterocycles. The van der Waals surface area contributed by atoms with Gasteiger partial charge in [-0.2, -0.15) is 0 Å². The van der Waals surface area contributed by atoms with E-state index in [1.54, 1.807) is 0 Å². The molecule has 0 radical (unpaired) electrons. The molecule has 20 heavy (non-hydrogen) atoms. The van der Waals surface area contributed by atoms with E-state index in [2.05, 4.69) is 0 Å². The lowest BCUT2D eigenvalue weighted by atomic mass is 9.84. The third-order valence-electron chi connectivity index (χ3n) is 3.31. The molecule has 1 atom stereocenters. The molecular weight excluding hydrogens is 262 g/mol. The van der Waals surface area contributed by atoms with Gasteiger partial charge in [0.15, 0.2) is 0 Å². The highest BCUT2D eigenvalue weighted by Gasteiger charge is 2.23. The molecule has 1 aromatic rings. The lowest BCUT2D eigenvalue weighted by Gasteiger charge is -2.26. The van der Waals surface area contributed by atoms with Crippen molar-refractivity contribution in [2.24, 2.45) is 11.1 Å². The zero-order chi connectivity index (χ0) is 15.5. The monoisotopic (exact) mass is 281 g/mol. The van der Waals surface area contributed by atoms with E-state index in [1.807, 2.05) is 20.8 Å². The van der Waals surface area contributed by atoms with Crippen LogP contribution in [0.15, 0.2) is 18.2 Å². The normalized spacial score (nSPS) is 13.0. The predicted octanol–water partition coefficient (Wildman–Crippen LogP) is 2.81. The maximum absolute atomic E-state index is 11.0. The SMILES string of the molecule is CC(C)(C)C(N)CCc1ccc([N+](=O)[O-])cc1[N+](=O)[O-]. The van der Waals surface area contributed by atoms with Gasteiger partial charge in [0.1, 0.15) is 0 Å². The van der Waals surface area contributed by atoms with Gasteiger partial charge < -0.3 is 5.73 Å². The van der Waals surface area contributed by atoms with E-state index in [-0.39, 0.29) is 22.8 Å². The molecule has 0 saturated heterocycles. The molecule has 0 fully saturated rings. The molecule has 0 amide bonds. The second-order valence-electron chi connectivity index (χ2n) is 5.84. The average Bonchev–Trinajstić information content (AvgIpc) is 2.34. The van der Waals surface area contributed by atoms with E-state index in [9.17, 15) is 20.2 Å². The summed E-state index contributed by atoms with van der Waals surface area (Å²) in [6.45, 7) is 6.01. The Kier molecular flexibility index (Phi) is 4.78. The fraction of sp³-hybridized carbons (Fsp3) is 0.538. The van der Waals surface area contributed by atoms with Crippen molar-refractivity contribution in [3.63, 3.8) is 0 Å². The summed E-state index contributed by atoms with van der Waals surface area (Å²) in [7, 11) is 0. The number of nitro benzene ring substituents is 2. The van der Waals surface area contributed by atoms with Gasteiger partial charge in [0, 0.05) is 17.7 Å². The number of hydrogen-bond acceptors (Lipinski definition) is 5. The number of non-ortho nitro benzene ring substituents is 1. The second-order valence-corrected chi connectivity index (χ2v) is 5.84. The molecule has 7 heteroatoms. The zero-order valence-corrected chi connectivity index (χ0v) is 11.8. The molecule has 1 aromatic carbocycles. The Morgan fingerprint density at radius 3 is 2.25 bits per heavy atom. The number of aryl methyl sites for hydroxylation is 1. The first kappa shape index (κ1) is 16.0. The van der Waals surface area contributed by atoms with Crippen molar-refractivity contribution in [2.75, 3.05) is 0 Å². The van der Waals surface area contributed by atoms with Crippen LogP contribution in [0, 0.1) is 25.6 Å². The van der Waals surface area contributed by atoms with E-state index in [4.69, 9.17) is 5.73 Å². The van der Waals surface area contributed by atoms with Gasteiger partial charge in [0.05, 0.1) is 15.9 Å². The number of nitrogens with zero attached hydrogens (tertiary/aromatic N) is 2. The first-order valence-corrected chi connectivity index (χ1v) is 6.30. The third-order valence-corrected chi connectivity index (χ3v) is 3.31. The third kappa shape index (κ3) is 3.99. The highest BCUT2D eigenvalue weighted by Crippen LogP contribution is 2.27. The van der Waals surface area contributed by atoms with Crippen LogP contribution in [-0.2, 0) is 6.42 Å². The molecular formula is C13H19N3O4. The minimum Gasteiger partial charge on any atom is -0.327 e. The smallest absolute Gasteiger partial charge is 0.279 e. The van der Waals surface area contributed by atoms with Crippen molar-refractivity contribution in [1.29, 1.82) is 0 Å². The highest BCUT2D eigenvalue weighted by atomic mass is 16.6. The van der Waals surface area contributed by atoms with Crippen LogP contribution in [0.4, 0.5) is 11.4 Å². The van der Waals surface area contributed by atoms with E-state index in [1.165, 1.54) is 12.1 Å². The summed E-state index contributed by atoms with van der Waals surface area (Å²) in [6.07, 6.45) is 1.01. The van der Waals surface area contributed by atoms with Crippen molar-refractivity contribution in [3.05, 3.63) is 44.0 Å². The molecule has 1 unspecified atom stereocenters. The maximum atomic E-state index is 11.0. The minimum absolute atomic E-state index is 0.0877. The molecule has 0 aliphatic carbocycles. The lowest BCUT2D eigenvalue weighted by molar-refractivity contribution is -0.394. The molecule has 0 heterocycles. The van der Waals surface area contributed by atoms with Crippen LogP contribution in [-0.4, -0.2) is 15.9 Å². The largest absolute Gasteiger partial charge is 0.327 e. The van der Waals surface area contributed by atoms with Gasteiger partial charge in [-0.15, -0.1) is 0 Å². The summed E-state index contributed by atoms with van der Waals surface area (Å²) in [4.78, 5) is 20.4. The van der Waals surface area contributed by atoms with Crippen LogP contribution in [0.2, 0.25) is 0 Å². The summed E-state index contributed by atoms with van der Waals surface area (Å²) in [5, 5.41) is 21.6. The summed E-state index contributed by atoms with van der Waals surface area (Å²) >= 11 is 0. The van der Waals surface area contributed by atoms with Crippen molar-refractivity contribution in [3.8, 4) is 0 Å². The highest BCUT2D eigenvalue weighted by molar-refractivity contribution is 5.49. The van der Waals surface area contributed by atoms with Crippen molar-refractivity contribution >= 4 is 11.4 Å². The molecule has 0 bridgehead atoms. The van der Waals surface area contributed by atoms with Crippen LogP contribution < -0.4 is 5.73 Å². The van der Waals surface area contributed by atoms with Crippen LogP contribution in [0.1, 0.15) is 32.8 Å². The van der Waals surface area contributed by atoms with Crippen molar-refractivity contribution in [1.82, 2.24) is 0 Å². The first-order chi connectivity index (χ1) is 9.12. The van der Waals surface area contributed by atoms with Gasteiger partial charge >= 0.3 is 0 Å². The van der Waals surface area contributed by atoms with Crippen LogP contribution in [0.3, 0.4) is 0 Å². The molecule has 0 aliphatic rings. The van der Waals surface area contributed by atoms with Gasteiger partial charge in [-0.3, -0.25) is 20.2 Å². The van der Waals surface area contributed by atoms with Crippen molar-refractivity contribution in [2.45, 2.75) is 39.7 Å². The Morgan fingerprint density at radius 1 is 1.20 bits per heavy atom. The molecule has 0 saturated carbocycles. The Labute approximate surface area is 117 Å². The summed E-state index contributed by atoms with van der Waals surface area (Å²) in [5.41, 5.74) is 5.91. The molecule has 7 nitrogen and oxygen atoms in total.